The number of unbranched alkanes of at least 4 members (excludes halogenated alkanes) is 1. The highest BCUT2D eigenvalue weighted by atomic mass is 16.5. The van der Waals surface area contributed by atoms with Crippen molar-refractivity contribution in [2.24, 2.45) is 0 Å². The van der Waals surface area contributed by atoms with Gasteiger partial charge in [-0.1, -0.05) is 13.3 Å². The predicted octanol–water partition coefficient (Wildman–Crippen LogP) is 2.48. The number of aryl methyl sites for hydroxylation is 1. The minimum absolute atomic E-state index is 0.438. The largest absolute Gasteiger partial charge is 0.381 e. The van der Waals surface area contributed by atoms with Gasteiger partial charge in [0.1, 0.15) is 5.82 Å². The molecule has 0 aliphatic carbocycles. The zero-order chi connectivity index (χ0) is 13.8. The summed E-state index contributed by atoms with van der Waals surface area (Å²) in [4.78, 5) is 4.89. The number of rotatable bonds is 5. The highest BCUT2D eigenvalue weighted by molar-refractivity contribution is 5.06. The lowest BCUT2D eigenvalue weighted by Crippen LogP contribution is -2.15. The second kappa shape index (κ2) is 6.68. The van der Waals surface area contributed by atoms with Gasteiger partial charge in [0.05, 0.1) is 6.61 Å². The monoisotopic (exact) mass is 279 g/mol. The maximum atomic E-state index is 5.52. The number of nitrogens with zero attached hydrogens (tertiary/aromatic N) is 3. The Labute approximate surface area is 120 Å². The van der Waals surface area contributed by atoms with E-state index in [0.717, 1.165) is 70.3 Å². The van der Waals surface area contributed by atoms with Crippen molar-refractivity contribution in [2.45, 2.75) is 57.4 Å². The first-order chi connectivity index (χ1) is 9.88. The SMILES string of the molecule is CCCCn1nc(C2CCOCC2)nc1[C@@H]1CCOC1. The Morgan fingerprint density at radius 3 is 2.55 bits per heavy atom. The van der Waals surface area contributed by atoms with E-state index in [1.807, 2.05) is 0 Å². The summed E-state index contributed by atoms with van der Waals surface area (Å²) < 4.78 is 13.1. The van der Waals surface area contributed by atoms with Crippen LogP contribution in [0.4, 0.5) is 0 Å². The Kier molecular flexibility index (Phi) is 4.68. The van der Waals surface area contributed by atoms with Gasteiger partial charge in [-0.25, -0.2) is 9.67 Å². The van der Waals surface area contributed by atoms with Crippen LogP contribution in [0.3, 0.4) is 0 Å². The third kappa shape index (κ3) is 3.04. The van der Waals surface area contributed by atoms with E-state index in [4.69, 9.17) is 19.6 Å². The van der Waals surface area contributed by atoms with Crippen molar-refractivity contribution in [2.75, 3.05) is 26.4 Å². The molecule has 0 N–H and O–H groups in total. The van der Waals surface area contributed by atoms with Gasteiger partial charge in [-0.2, -0.15) is 5.10 Å². The Morgan fingerprint density at radius 1 is 1.10 bits per heavy atom. The maximum Gasteiger partial charge on any atom is 0.154 e. The smallest absolute Gasteiger partial charge is 0.154 e. The number of ether oxygens (including phenoxy) is 2. The lowest BCUT2D eigenvalue weighted by Gasteiger charge is -2.18. The van der Waals surface area contributed by atoms with Crippen LogP contribution in [-0.2, 0) is 16.0 Å². The van der Waals surface area contributed by atoms with Crippen molar-refractivity contribution in [1.29, 1.82) is 0 Å². The van der Waals surface area contributed by atoms with E-state index in [1.165, 1.54) is 6.42 Å². The molecule has 20 heavy (non-hydrogen) atoms. The van der Waals surface area contributed by atoms with E-state index in [0.29, 0.717) is 11.8 Å². The summed E-state index contributed by atoms with van der Waals surface area (Å²) in [5.74, 6) is 3.10. The van der Waals surface area contributed by atoms with E-state index >= 15 is 0 Å². The lowest BCUT2D eigenvalue weighted by atomic mass is 10.00. The molecule has 5 heteroatoms. The van der Waals surface area contributed by atoms with Gasteiger partial charge in [-0.15, -0.1) is 0 Å². The van der Waals surface area contributed by atoms with Gasteiger partial charge in [0, 0.05) is 38.2 Å². The fourth-order valence-corrected chi connectivity index (χ4v) is 3.01. The summed E-state index contributed by atoms with van der Waals surface area (Å²) in [5.41, 5.74) is 0. The molecule has 0 unspecified atom stereocenters. The van der Waals surface area contributed by atoms with Gasteiger partial charge in [0.25, 0.3) is 0 Å². The van der Waals surface area contributed by atoms with E-state index < -0.39 is 0 Å². The van der Waals surface area contributed by atoms with Crippen LogP contribution < -0.4 is 0 Å². The molecule has 2 aliphatic rings. The van der Waals surface area contributed by atoms with Crippen molar-refractivity contribution in [3.05, 3.63) is 11.6 Å². The molecule has 2 saturated heterocycles. The van der Waals surface area contributed by atoms with Crippen LogP contribution in [0, 0.1) is 0 Å². The van der Waals surface area contributed by atoms with Crippen LogP contribution in [0.2, 0.25) is 0 Å². The summed E-state index contributed by atoms with van der Waals surface area (Å²) >= 11 is 0. The molecule has 0 spiro atoms. The third-order valence-electron chi connectivity index (χ3n) is 4.32. The van der Waals surface area contributed by atoms with Crippen LogP contribution in [0.5, 0.6) is 0 Å². The van der Waals surface area contributed by atoms with Crippen LogP contribution in [0.25, 0.3) is 0 Å². The average Bonchev–Trinajstić information content (AvgIpc) is 3.15. The van der Waals surface area contributed by atoms with Gasteiger partial charge in [0.2, 0.25) is 0 Å². The number of aromatic nitrogens is 3. The molecular formula is C15H25N3O2. The van der Waals surface area contributed by atoms with E-state index in [2.05, 4.69) is 11.6 Å². The Morgan fingerprint density at radius 2 is 1.85 bits per heavy atom. The summed E-state index contributed by atoms with van der Waals surface area (Å²) in [6.07, 6.45) is 5.54. The quantitative estimate of drug-likeness (QED) is 0.831. The fraction of sp³-hybridized carbons (Fsp3) is 0.867. The molecule has 1 atom stereocenters. The van der Waals surface area contributed by atoms with Crippen molar-refractivity contribution in [1.82, 2.24) is 14.8 Å². The first-order valence-electron chi connectivity index (χ1n) is 7.98. The van der Waals surface area contributed by atoms with E-state index in [9.17, 15) is 0 Å². The summed E-state index contributed by atoms with van der Waals surface area (Å²) in [6, 6.07) is 0. The summed E-state index contributed by atoms with van der Waals surface area (Å²) in [7, 11) is 0. The average molecular weight is 279 g/mol. The molecule has 3 rings (SSSR count). The first-order valence-corrected chi connectivity index (χ1v) is 7.98. The molecule has 2 aliphatic heterocycles. The minimum atomic E-state index is 0.438. The van der Waals surface area contributed by atoms with Crippen molar-refractivity contribution >= 4 is 0 Å². The van der Waals surface area contributed by atoms with Gasteiger partial charge in [0.15, 0.2) is 5.82 Å². The van der Waals surface area contributed by atoms with E-state index in [-0.39, 0.29) is 0 Å². The van der Waals surface area contributed by atoms with E-state index in [1.54, 1.807) is 0 Å². The molecule has 3 heterocycles. The van der Waals surface area contributed by atoms with Crippen molar-refractivity contribution in [3.8, 4) is 0 Å². The molecule has 0 radical (unpaired) electrons. The van der Waals surface area contributed by atoms with Crippen LogP contribution in [0.1, 0.15) is 62.5 Å². The van der Waals surface area contributed by atoms with Gasteiger partial charge >= 0.3 is 0 Å². The molecule has 0 saturated carbocycles. The number of hydrogen-bond acceptors (Lipinski definition) is 4. The molecular weight excluding hydrogens is 254 g/mol. The Hall–Kier alpha value is -0.940. The second-order valence-electron chi connectivity index (χ2n) is 5.85. The lowest BCUT2D eigenvalue weighted by molar-refractivity contribution is 0.0835. The molecule has 0 amide bonds. The maximum absolute atomic E-state index is 5.52. The highest BCUT2D eigenvalue weighted by Crippen LogP contribution is 2.29. The molecule has 2 fully saturated rings. The second-order valence-corrected chi connectivity index (χ2v) is 5.85. The molecule has 0 aromatic carbocycles. The fourth-order valence-electron chi connectivity index (χ4n) is 3.01. The molecule has 0 bridgehead atoms. The van der Waals surface area contributed by atoms with Crippen LogP contribution in [-0.4, -0.2) is 41.2 Å². The standard InChI is InChI=1S/C15H25N3O2/c1-2-3-7-18-15(13-6-10-20-11-13)16-14(17-18)12-4-8-19-9-5-12/h12-13H,2-11H2,1H3/t13-/m1/s1. The topological polar surface area (TPSA) is 49.2 Å². The van der Waals surface area contributed by atoms with Gasteiger partial charge in [-0.3, -0.25) is 0 Å². The number of hydrogen-bond donors (Lipinski definition) is 0. The van der Waals surface area contributed by atoms with Crippen LogP contribution >= 0.6 is 0 Å². The Balaban J connectivity index is 1.79. The van der Waals surface area contributed by atoms with Crippen LogP contribution in [0.15, 0.2) is 0 Å². The molecule has 1 aromatic heterocycles. The molecule has 1 aromatic rings. The minimum Gasteiger partial charge on any atom is -0.381 e. The zero-order valence-electron chi connectivity index (χ0n) is 12.4. The summed E-state index contributed by atoms with van der Waals surface area (Å²) in [6.45, 7) is 6.55. The normalized spacial score (nSPS) is 24.4. The van der Waals surface area contributed by atoms with Crippen molar-refractivity contribution < 1.29 is 9.47 Å². The Bertz CT molecular complexity index is 421. The van der Waals surface area contributed by atoms with Gasteiger partial charge < -0.3 is 9.47 Å². The third-order valence-corrected chi connectivity index (χ3v) is 4.32. The zero-order valence-corrected chi connectivity index (χ0v) is 12.4. The predicted molar refractivity (Wildman–Crippen MR) is 75.9 cm³/mol. The molecule has 5 nitrogen and oxygen atoms in total. The van der Waals surface area contributed by atoms with Gasteiger partial charge in [-0.05, 0) is 25.7 Å². The summed E-state index contributed by atoms with van der Waals surface area (Å²) in [5, 5.41) is 4.81. The molecule has 112 valence electrons. The first kappa shape index (κ1) is 14.0. The van der Waals surface area contributed by atoms with Crippen molar-refractivity contribution in [3.63, 3.8) is 0 Å². The highest BCUT2D eigenvalue weighted by Gasteiger charge is 2.27.